The first-order valence-corrected chi connectivity index (χ1v) is 9.67. The van der Waals surface area contributed by atoms with E-state index < -0.39 is 0 Å². The Bertz CT molecular complexity index is 863. The van der Waals surface area contributed by atoms with Gasteiger partial charge in [-0.25, -0.2) is 4.39 Å². The van der Waals surface area contributed by atoms with Gasteiger partial charge < -0.3 is 4.74 Å². The van der Waals surface area contributed by atoms with Crippen molar-refractivity contribution in [3.05, 3.63) is 89.5 Å². The largest absolute Gasteiger partial charge is 0.366 e. The lowest BCUT2D eigenvalue weighted by Gasteiger charge is -2.28. The van der Waals surface area contributed by atoms with Gasteiger partial charge in [0.25, 0.3) is 0 Å². The van der Waals surface area contributed by atoms with Gasteiger partial charge in [0.15, 0.2) is 0 Å². The number of nitrogens with zero attached hydrogens (tertiary/aromatic N) is 3. The maximum Gasteiger partial charge on any atom is 0.124 e. The zero-order valence-corrected chi connectivity index (χ0v) is 16.8. The average Bonchev–Trinajstić information content (AvgIpc) is 3.10. The molecule has 0 aliphatic rings. The molecule has 1 atom stereocenters. The molecular weight excluding hydrogens is 353 g/mol. The molecule has 1 heterocycles. The van der Waals surface area contributed by atoms with Gasteiger partial charge in [0.05, 0.1) is 12.3 Å². The van der Waals surface area contributed by atoms with Crippen molar-refractivity contribution in [2.45, 2.75) is 32.5 Å². The van der Waals surface area contributed by atoms with Gasteiger partial charge in [0, 0.05) is 32.4 Å². The van der Waals surface area contributed by atoms with E-state index in [-0.39, 0.29) is 11.9 Å². The molecule has 0 N–H and O–H groups in total. The molecule has 0 bridgehead atoms. The average molecular weight is 381 g/mol. The molecule has 0 aliphatic heterocycles. The minimum atomic E-state index is -0.196. The van der Waals surface area contributed by atoms with Crippen molar-refractivity contribution < 1.29 is 9.13 Å². The van der Waals surface area contributed by atoms with Crippen LogP contribution in [0.25, 0.3) is 0 Å². The summed E-state index contributed by atoms with van der Waals surface area (Å²) in [6.45, 7) is 6.32. The Hall–Kier alpha value is -2.50. The molecule has 0 saturated carbocycles. The third-order valence-electron chi connectivity index (χ3n) is 4.90. The minimum absolute atomic E-state index is 0.170. The normalized spacial score (nSPS) is 12.6. The number of hydrogen-bond donors (Lipinski definition) is 0. The lowest BCUT2D eigenvalue weighted by molar-refractivity contribution is 0.0469. The lowest BCUT2D eigenvalue weighted by Crippen LogP contribution is -2.34. The van der Waals surface area contributed by atoms with Gasteiger partial charge in [0.1, 0.15) is 11.9 Å². The van der Waals surface area contributed by atoms with Crippen molar-refractivity contribution in [3.8, 4) is 0 Å². The lowest BCUT2D eigenvalue weighted by atomic mass is 10.1. The Morgan fingerprint density at radius 2 is 1.86 bits per heavy atom. The van der Waals surface area contributed by atoms with Crippen LogP contribution in [-0.2, 0) is 18.3 Å². The summed E-state index contributed by atoms with van der Waals surface area (Å²) in [5, 5.41) is 4.29. The highest BCUT2D eigenvalue weighted by Crippen LogP contribution is 2.25. The number of ether oxygens (including phenoxy) is 1. The van der Waals surface area contributed by atoms with E-state index in [9.17, 15) is 4.39 Å². The van der Waals surface area contributed by atoms with Crippen LogP contribution in [0, 0.1) is 5.82 Å². The molecule has 148 valence electrons. The molecule has 0 fully saturated rings. The van der Waals surface area contributed by atoms with Crippen LogP contribution >= 0.6 is 0 Å². The van der Waals surface area contributed by atoms with Crippen molar-refractivity contribution in [1.29, 1.82) is 0 Å². The summed E-state index contributed by atoms with van der Waals surface area (Å²) in [6.07, 6.45) is 1.62. The Morgan fingerprint density at radius 1 is 1.07 bits per heavy atom. The molecule has 2 aromatic carbocycles. The van der Waals surface area contributed by atoms with Gasteiger partial charge in [-0.05, 0) is 43.2 Å². The van der Waals surface area contributed by atoms with E-state index in [0.717, 1.165) is 23.4 Å². The van der Waals surface area contributed by atoms with Crippen molar-refractivity contribution in [3.63, 3.8) is 0 Å². The van der Waals surface area contributed by atoms with E-state index >= 15 is 0 Å². The van der Waals surface area contributed by atoms with Crippen molar-refractivity contribution in [2.24, 2.45) is 7.05 Å². The van der Waals surface area contributed by atoms with Crippen LogP contribution < -0.4 is 0 Å². The topological polar surface area (TPSA) is 30.3 Å². The molecule has 4 nitrogen and oxygen atoms in total. The summed E-state index contributed by atoms with van der Waals surface area (Å²) in [4.78, 5) is 2.29. The fraction of sp³-hybridized carbons (Fsp3) is 0.348. The smallest absolute Gasteiger partial charge is 0.124 e. The maximum absolute atomic E-state index is 13.5. The molecule has 1 aromatic heterocycles. The second-order valence-corrected chi connectivity index (χ2v) is 7.24. The SMILES string of the molecule is CC(C)N(CCOC(c1ccccc1)c1ccnn1C)Cc1cccc(F)c1. The molecule has 5 heteroatoms. The third-order valence-corrected chi connectivity index (χ3v) is 4.90. The predicted molar refractivity (Wildman–Crippen MR) is 109 cm³/mol. The highest BCUT2D eigenvalue weighted by atomic mass is 19.1. The van der Waals surface area contributed by atoms with Gasteiger partial charge in [-0.15, -0.1) is 0 Å². The molecular formula is C23H28FN3O. The zero-order chi connectivity index (χ0) is 19.9. The standard InChI is InChI=1S/C23H28FN3O/c1-18(2)27(17-19-8-7-11-21(24)16-19)14-15-28-23(20-9-5-4-6-10-20)22-12-13-25-26(22)3/h4-13,16,18,23H,14-15,17H2,1-3H3. The van der Waals surface area contributed by atoms with Crippen LogP contribution in [0.4, 0.5) is 4.39 Å². The number of aromatic nitrogens is 2. The Labute approximate surface area is 166 Å². The summed E-state index contributed by atoms with van der Waals surface area (Å²) in [7, 11) is 1.93. The first-order valence-electron chi connectivity index (χ1n) is 9.67. The molecule has 0 radical (unpaired) electrons. The number of aryl methyl sites for hydroxylation is 1. The van der Waals surface area contributed by atoms with Gasteiger partial charge in [-0.3, -0.25) is 9.58 Å². The van der Waals surface area contributed by atoms with Crippen LogP contribution in [0.2, 0.25) is 0 Å². The highest BCUT2D eigenvalue weighted by molar-refractivity contribution is 5.25. The second-order valence-electron chi connectivity index (χ2n) is 7.24. The maximum atomic E-state index is 13.5. The van der Waals surface area contributed by atoms with E-state index in [0.29, 0.717) is 19.2 Å². The number of hydrogen-bond acceptors (Lipinski definition) is 3. The summed E-state index contributed by atoms with van der Waals surface area (Å²) in [5.41, 5.74) is 3.10. The van der Waals surface area contributed by atoms with Crippen LogP contribution in [0.3, 0.4) is 0 Å². The van der Waals surface area contributed by atoms with E-state index in [1.165, 1.54) is 6.07 Å². The summed E-state index contributed by atoms with van der Waals surface area (Å²) >= 11 is 0. The first kappa shape index (κ1) is 20.2. The predicted octanol–water partition coefficient (Wildman–Crippen LogP) is 4.58. The Kier molecular flexibility index (Phi) is 6.95. The zero-order valence-electron chi connectivity index (χ0n) is 16.8. The molecule has 0 aliphatic carbocycles. The fourth-order valence-corrected chi connectivity index (χ4v) is 3.30. The molecule has 3 aromatic rings. The van der Waals surface area contributed by atoms with Gasteiger partial charge >= 0.3 is 0 Å². The van der Waals surface area contributed by atoms with E-state index in [4.69, 9.17) is 4.74 Å². The van der Waals surface area contributed by atoms with Gasteiger partial charge in [0.2, 0.25) is 0 Å². The van der Waals surface area contributed by atoms with Crippen LogP contribution in [-0.4, -0.2) is 33.9 Å². The monoisotopic (exact) mass is 381 g/mol. The van der Waals surface area contributed by atoms with E-state index in [2.05, 4.69) is 36.0 Å². The molecule has 3 rings (SSSR count). The second kappa shape index (κ2) is 9.62. The van der Waals surface area contributed by atoms with Crippen molar-refractivity contribution >= 4 is 0 Å². The van der Waals surface area contributed by atoms with Crippen LogP contribution in [0.15, 0.2) is 66.9 Å². The van der Waals surface area contributed by atoms with Gasteiger partial charge in [-0.2, -0.15) is 5.10 Å². The number of benzene rings is 2. The van der Waals surface area contributed by atoms with Crippen molar-refractivity contribution in [2.75, 3.05) is 13.2 Å². The quantitative estimate of drug-likeness (QED) is 0.544. The molecule has 28 heavy (non-hydrogen) atoms. The van der Waals surface area contributed by atoms with E-state index in [1.807, 2.05) is 42.1 Å². The third kappa shape index (κ3) is 5.27. The Balaban J connectivity index is 1.67. The highest BCUT2D eigenvalue weighted by Gasteiger charge is 2.19. The summed E-state index contributed by atoms with van der Waals surface area (Å²) < 4.78 is 21.7. The number of rotatable bonds is 9. The van der Waals surface area contributed by atoms with Gasteiger partial charge in [-0.1, -0.05) is 42.5 Å². The van der Waals surface area contributed by atoms with Crippen LogP contribution in [0.1, 0.15) is 36.8 Å². The van der Waals surface area contributed by atoms with E-state index in [1.54, 1.807) is 18.3 Å². The molecule has 0 spiro atoms. The summed E-state index contributed by atoms with van der Waals surface area (Å²) in [6, 6.07) is 19.3. The Morgan fingerprint density at radius 3 is 2.50 bits per heavy atom. The minimum Gasteiger partial charge on any atom is -0.366 e. The van der Waals surface area contributed by atoms with Crippen molar-refractivity contribution in [1.82, 2.24) is 14.7 Å². The van der Waals surface area contributed by atoms with Crippen LogP contribution in [0.5, 0.6) is 0 Å². The molecule has 0 amide bonds. The first-order chi connectivity index (χ1) is 13.5. The number of halogens is 1. The fourth-order valence-electron chi connectivity index (χ4n) is 3.30. The molecule has 1 unspecified atom stereocenters. The summed E-state index contributed by atoms with van der Waals surface area (Å²) in [5.74, 6) is -0.196. The molecule has 0 saturated heterocycles.